The minimum absolute atomic E-state index is 0.000446. The molecule has 0 spiro atoms. The van der Waals surface area contributed by atoms with E-state index in [1.807, 2.05) is 0 Å². The zero-order chi connectivity index (χ0) is 24.9. The molecule has 2 aliphatic heterocycles. The van der Waals surface area contributed by atoms with E-state index >= 15 is 4.39 Å². The van der Waals surface area contributed by atoms with Crippen molar-refractivity contribution in [2.24, 2.45) is 15.1 Å². The largest absolute Gasteiger partial charge is 0.386 e. The number of hydrogen-bond donors (Lipinski definition) is 2. The highest BCUT2D eigenvalue weighted by Crippen LogP contribution is 2.46. The molecule has 4 rings (SSSR count). The lowest BCUT2D eigenvalue weighted by molar-refractivity contribution is 0.102. The smallest absolute Gasteiger partial charge is 0.276 e. The predicted molar refractivity (Wildman–Crippen MR) is 127 cm³/mol. The standard InChI is InChI=1S/C22H25ClF2N6O2S/c1-21(2)20(26)31-22(3,15-6-4-5-9-28-34(15,21)33)18-14(25)7-8-16(29-18)30-19(32)17-13(23)10-12(24)11-27-17/h7-8,10-11,15H,4-6,9H2,1-3H3,(H2,26,31)(H,29,30,32)/t15-,22+,34+/m1/s1. The summed E-state index contributed by atoms with van der Waals surface area (Å²) in [6, 6.07) is 3.37. The summed E-state index contributed by atoms with van der Waals surface area (Å²) < 4.78 is 46.3. The molecule has 0 saturated carbocycles. The van der Waals surface area contributed by atoms with E-state index in [1.165, 1.54) is 6.07 Å². The Labute approximate surface area is 201 Å². The summed E-state index contributed by atoms with van der Waals surface area (Å²) in [6.45, 7) is 5.57. The number of fused-ring (bicyclic) bond motifs is 1. The number of rotatable bonds is 3. The highest BCUT2D eigenvalue weighted by molar-refractivity contribution is 7.96. The zero-order valence-corrected chi connectivity index (χ0v) is 20.5. The Morgan fingerprint density at radius 2 is 2.00 bits per heavy atom. The average Bonchev–Trinajstić information content (AvgIpc) is 2.97. The number of hydrogen-bond acceptors (Lipinski definition) is 7. The third-order valence-corrected chi connectivity index (χ3v) is 10.5. The van der Waals surface area contributed by atoms with Gasteiger partial charge in [0.05, 0.1) is 26.2 Å². The van der Waals surface area contributed by atoms with Gasteiger partial charge in [0.1, 0.15) is 45.0 Å². The van der Waals surface area contributed by atoms with Gasteiger partial charge < -0.3 is 11.1 Å². The van der Waals surface area contributed by atoms with E-state index in [2.05, 4.69) is 24.6 Å². The van der Waals surface area contributed by atoms with E-state index in [4.69, 9.17) is 17.3 Å². The lowest BCUT2D eigenvalue weighted by Gasteiger charge is -2.45. The average molecular weight is 511 g/mol. The SMILES string of the molecule is CC1(C)C(N)=N[C@](C)(c2nc(NC(=O)c3ncc(F)cc3Cl)ccc2F)[C@H]2CCCCN=[S@]21=O. The normalized spacial score (nSPS) is 28.2. The van der Waals surface area contributed by atoms with Crippen LogP contribution in [0.1, 0.15) is 56.2 Å². The van der Waals surface area contributed by atoms with E-state index in [9.17, 15) is 13.4 Å². The Kier molecular flexibility index (Phi) is 6.14. The summed E-state index contributed by atoms with van der Waals surface area (Å²) in [5.74, 6) is -2.01. The van der Waals surface area contributed by atoms with E-state index < -0.39 is 42.8 Å². The van der Waals surface area contributed by atoms with Gasteiger partial charge in [0.15, 0.2) is 0 Å². The Morgan fingerprint density at radius 1 is 1.26 bits per heavy atom. The summed E-state index contributed by atoms with van der Waals surface area (Å²) >= 11 is 5.92. The van der Waals surface area contributed by atoms with Crippen molar-refractivity contribution in [3.05, 3.63) is 52.4 Å². The third kappa shape index (κ3) is 3.84. The number of carbonyl (C=O) groups excluding carboxylic acids is 1. The van der Waals surface area contributed by atoms with Crippen LogP contribution in [0.15, 0.2) is 33.8 Å². The van der Waals surface area contributed by atoms with Crippen LogP contribution >= 0.6 is 11.6 Å². The Hall–Kier alpha value is -2.66. The number of anilines is 1. The molecule has 8 nitrogen and oxygen atoms in total. The van der Waals surface area contributed by atoms with Gasteiger partial charge in [-0.1, -0.05) is 18.0 Å². The highest BCUT2D eigenvalue weighted by atomic mass is 35.5. The first-order valence-electron chi connectivity index (χ1n) is 10.8. The van der Waals surface area contributed by atoms with Gasteiger partial charge in [-0.3, -0.25) is 9.79 Å². The molecule has 2 aromatic heterocycles. The maximum Gasteiger partial charge on any atom is 0.276 e. The fourth-order valence-electron chi connectivity index (χ4n) is 4.44. The Morgan fingerprint density at radius 3 is 2.71 bits per heavy atom. The number of carbonyl (C=O) groups is 1. The Balaban J connectivity index is 1.80. The second-order valence-electron chi connectivity index (χ2n) is 9.03. The summed E-state index contributed by atoms with van der Waals surface area (Å²) in [6.07, 6.45) is 2.88. The third-order valence-electron chi connectivity index (χ3n) is 6.46. The number of halogens is 3. The number of aliphatic imine (C=N–C) groups is 1. The maximum atomic E-state index is 15.2. The molecule has 3 N–H and O–H groups in total. The first kappa shape index (κ1) is 24.5. The van der Waals surface area contributed by atoms with Crippen LogP contribution in [0.4, 0.5) is 14.6 Å². The lowest BCUT2D eigenvalue weighted by atomic mass is 9.88. The second-order valence-corrected chi connectivity index (χ2v) is 12.4. The number of nitrogens with zero attached hydrogens (tertiary/aromatic N) is 4. The molecule has 12 heteroatoms. The summed E-state index contributed by atoms with van der Waals surface area (Å²) in [7, 11) is -2.94. The number of nitrogens with one attached hydrogen (secondary N) is 1. The minimum atomic E-state index is -2.94. The Bertz CT molecular complexity index is 1320. The summed E-state index contributed by atoms with van der Waals surface area (Å²) in [5, 5.41) is 1.69. The molecule has 182 valence electrons. The van der Waals surface area contributed by atoms with E-state index in [-0.39, 0.29) is 28.1 Å². The second kappa shape index (κ2) is 8.53. The van der Waals surface area contributed by atoms with Crippen LogP contribution in [0.5, 0.6) is 0 Å². The van der Waals surface area contributed by atoms with Gasteiger partial charge >= 0.3 is 0 Å². The first-order chi connectivity index (χ1) is 15.9. The summed E-state index contributed by atoms with van der Waals surface area (Å²) in [5.41, 5.74) is 4.59. The van der Waals surface area contributed by atoms with Crippen LogP contribution in [0.3, 0.4) is 0 Å². The van der Waals surface area contributed by atoms with Crippen molar-refractivity contribution >= 4 is 38.9 Å². The molecule has 2 aromatic rings. The van der Waals surface area contributed by atoms with Crippen LogP contribution in [0.25, 0.3) is 0 Å². The van der Waals surface area contributed by atoms with Crippen LogP contribution < -0.4 is 11.1 Å². The lowest BCUT2D eigenvalue weighted by Crippen LogP contribution is -2.59. The zero-order valence-electron chi connectivity index (χ0n) is 18.9. The molecule has 0 bridgehead atoms. The number of nitrogens with two attached hydrogens (primary N) is 1. The number of amidine groups is 1. The molecule has 34 heavy (non-hydrogen) atoms. The quantitative estimate of drug-likeness (QED) is 0.645. The van der Waals surface area contributed by atoms with E-state index in [0.717, 1.165) is 31.2 Å². The van der Waals surface area contributed by atoms with Crippen molar-refractivity contribution in [1.29, 1.82) is 0 Å². The molecule has 2 aliphatic rings. The van der Waals surface area contributed by atoms with Gasteiger partial charge in [-0.05, 0) is 51.8 Å². The molecule has 0 aromatic carbocycles. The monoisotopic (exact) mass is 510 g/mol. The number of pyridine rings is 2. The van der Waals surface area contributed by atoms with Crippen molar-refractivity contribution in [2.45, 2.75) is 55.6 Å². The van der Waals surface area contributed by atoms with Crippen molar-refractivity contribution in [3.63, 3.8) is 0 Å². The molecule has 4 heterocycles. The van der Waals surface area contributed by atoms with Crippen molar-refractivity contribution in [3.8, 4) is 0 Å². The van der Waals surface area contributed by atoms with Crippen molar-refractivity contribution in [1.82, 2.24) is 9.97 Å². The fourth-order valence-corrected chi connectivity index (χ4v) is 7.91. The molecular weight excluding hydrogens is 486 g/mol. The highest BCUT2D eigenvalue weighted by Gasteiger charge is 2.56. The molecule has 0 saturated heterocycles. The topological polar surface area (TPSA) is 123 Å². The van der Waals surface area contributed by atoms with Gasteiger partial charge in [0.2, 0.25) is 0 Å². The molecule has 0 fully saturated rings. The fraction of sp³-hybridized carbons (Fsp3) is 0.455. The van der Waals surface area contributed by atoms with E-state index in [1.54, 1.807) is 20.8 Å². The molecule has 3 atom stereocenters. The molecule has 0 aliphatic carbocycles. The van der Waals surface area contributed by atoms with Gasteiger partial charge in [0, 0.05) is 6.54 Å². The maximum absolute atomic E-state index is 15.2. The van der Waals surface area contributed by atoms with Crippen molar-refractivity contribution < 1.29 is 17.8 Å². The number of amides is 1. The van der Waals surface area contributed by atoms with Gasteiger partial charge in [-0.2, -0.15) is 0 Å². The van der Waals surface area contributed by atoms with Crippen molar-refractivity contribution in [2.75, 3.05) is 11.9 Å². The first-order valence-corrected chi connectivity index (χ1v) is 12.7. The predicted octanol–water partition coefficient (Wildman–Crippen LogP) is 4.05. The van der Waals surface area contributed by atoms with Crippen LogP contribution in [0, 0.1) is 11.6 Å². The van der Waals surface area contributed by atoms with Gasteiger partial charge in [-0.15, -0.1) is 0 Å². The number of aromatic nitrogens is 2. The summed E-state index contributed by atoms with van der Waals surface area (Å²) in [4.78, 5) is 25.3. The van der Waals surface area contributed by atoms with Crippen LogP contribution in [0.2, 0.25) is 5.02 Å². The molecule has 0 unspecified atom stereocenters. The van der Waals surface area contributed by atoms with Crippen LogP contribution in [-0.2, 0) is 15.3 Å². The molecule has 0 radical (unpaired) electrons. The minimum Gasteiger partial charge on any atom is -0.386 e. The molecular formula is C22H25ClF2N6O2S. The molecule has 1 amide bonds. The van der Waals surface area contributed by atoms with E-state index in [0.29, 0.717) is 13.0 Å². The van der Waals surface area contributed by atoms with Crippen LogP contribution in [-0.4, -0.2) is 42.5 Å². The van der Waals surface area contributed by atoms with Gasteiger partial charge in [0.25, 0.3) is 5.91 Å². The van der Waals surface area contributed by atoms with Gasteiger partial charge in [-0.25, -0.2) is 27.3 Å².